The van der Waals surface area contributed by atoms with Crippen molar-refractivity contribution in [2.45, 2.75) is 32.6 Å². The van der Waals surface area contributed by atoms with E-state index in [9.17, 15) is 4.79 Å². The molecule has 2 rings (SSSR count). The van der Waals surface area contributed by atoms with Crippen molar-refractivity contribution in [3.05, 3.63) is 70.7 Å². The zero-order chi connectivity index (χ0) is 15.2. The minimum Gasteiger partial charge on any atom is -0.299 e. The first kappa shape index (κ1) is 15.8. The molecule has 0 saturated heterocycles. The fourth-order valence-electron chi connectivity index (χ4n) is 2.69. The van der Waals surface area contributed by atoms with Gasteiger partial charge in [0, 0.05) is 17.4 Å². The first-order valence-electron chi connectivity index (χ1n) is 7.44. The number of benzene rings is 2. The zero-order valence-electron chi connectivity index (χ0n) is 12.6. The van der Waals surface area contributed by atoms with Crippen LogP contribution in [0.1, 0.15) is 37.3 Å². The number of carbonyl (C=O) groups is 1. The van der Waals surface area contributed by atoms with E-state index >= 15 is 0 Å². The van der Waals surface area contributed by atoms with Gasteiger partial charge in [0.25, 0.3) is 0 Å². The lowest BCUT2D eigenvalue weighted by Gasteiger charge is -2.22. The highest BCUT2D eigenvalue weighted by molar-refractivity contribution is 6.30. The van der Waals surface area contributed by atoms with Crippen LogP contribution in [0, 0.1) is 5.92 Å². The van der Waals surface area contributed by atoms with Crippen LogP contribution in [0.25, 0.3) is 0 Å². The summed E-state index contributed by atoms with van der Waals surface area (Å²) in [5.41, 5.74) is 2.09. The summed E-state index contributed by atoms with van der Waals surface area (Å²) in [5.74, 6) is 0.548. The van der Waals surface area contributed by atoms with E-state index in [2.05, 4.69) is 13.8 Å². The summed E-state index contributed by atoms with van der Waals surface area (Å²) < 4.78 is 0. The van der Waals surface area contributed by atoms with Gasteiger partial charge in [-0.25, -0.2) is 0 Å². The first-order valence-corrected chi connectivity index (χ1v) is 7.81. The van der Waals surface area contributed by atoms with Crippen LogP contribution in [-0.4, -0.2) is 5.78 Å². The molecule has 2 unspecified atom stereocenters. The standard InChI is InChI=1S/C19H21ClO/c1-3-14(2)19(16-9-5-4-6-10-16)18(21)13-15-8-7-11-17(20)12-15/h4-12,14,19H,3,13H2,1-2H3. The molecular formula is C19H21ClO. The molecule has 110 valence electrons. The van der Waals surface area contributed by atoms with E-state index in [4.69, 9.17) is 11.6 Å². The topological polar surface area (TPSA) is 17.1 Å². The van der Waals surface area contributed by atoms with E-state index in [-0.39, 0.29) is 11.7 Å². The van der Waals surface area contributed by atoms with Gasteiger partial charge < -0.3 is 0 Å². The fraction of sp³-hybridized carbons (Fsp3) is 0.316. The SMILES string of the molecule is CCC(C)C(C(=O)Cc1cccc(Cl)c1)c1ccccc1. The molecule has 0 saturated carbocycles. The van der Waals surface area contributed by atoms with E-state index in [0.717, 1.165) is 17.5 Å². The number of hydrogen-bond acceptors (Lipinski definition) is 1. The third kappa shape index (κ3) is 4.18. The van der Waals surface area contributed by atoms with E-state index in [1.165, 1.54) is 0 Å². The molecule has 2 aromatic carbocycles. The Morgan fingerprint density at radius 3 is 2.43 bits per heavy atom. The number of rotatable bonds is 6. The Bertz CT molecular complexity index is 592. The lowest BCUT2D eigenvalue weighted by molar-refractivity contribution is -0.120. The van der Waals surface area contributed by atoms with Crippen LogP contribution in [0.3, 0.4) is 0 Å². The van der Waals surface area contributed by atoms with Gasteiger partial charge in [-0.2, -0.15) is 0 Å². The second-order valence-corrected chi connectivity index (χ2v) is 5.98. The van der Waals surface area contributed by atoms with Gasteiger partial charge in [0.05, 0.1) is 0 Å². The summed E-state index contributed by atoms with van der Waals surface area (Å²) in [6, 6.07) is 17.6. The summed E-state index contributed by atoms with van der Waals surface area (Å²) >= 11 is 6.00. The molecule has 0 aromatic heterocycles. The van der Waals surface area contributed by atoms with Crippen molar-refractivity contribution in [3.63, 3.8) is 0 Å². The molecule has 2 atom stereocenters. The zero-order valence-corrected chi connectivity index (χ0v) is 13.3. The highest BCUT2D eigenvalue weighted by Gasteiger charge is 2.25. The molecule has 1 nitrogen and oxygen atoms in total. The fourth-order valence-corrected chi connectivity index (χ4v) is 2.90. The Balaban J connectivity index is 2.23. The molecule has 0 aliphatic carbocycles. The summed E-state index contributed by atoms with van der Waals surface area (Å²) in [7, 11) is 0. The normalized spacial score (nSPS) is 13.7. The Hall–Kier alpha value is -1.60. The van der Waals surface area contributed by atoms with Gasteiger partial charge in [0.15, 0.2) is 0 Å². The van der Waals surface area contributed by atoms with Crippen LogP contribution >= 0.6 is 11.6 Å². The van der Waals surface area contributed by atoms with Gasteiger partial charge in [-0.05, 0) is 29.2 Å². The molecular weight excluding hydrogens is 280 g/mol. The van der Waals surface area contributed by atoms with Gasteiger partial charge in [-0.3, -0.25) is 4.79 Å². The maximum absolute atomic E-state index is 12.8. The molecule has 0 fully saturated rings. The lowest BCUT2D eigenvalue weighted by Crippen LogP contribution is -2.21. The average molecular weight is 301 g/mol. The number of ketones is 1. The lowest BCUT2D eigenvalue weighted by atomic mass is 9.80. The first-order chi connectivity index (χ1) is 10.1. The molecule has 2 aromatic rings. The van der Waals surface area contributed by atoms with Crippen LogP contribution < -0.4 is 0 Å². The number of hydrogen-bond donors (Lipinski definition) is 0. The van der Waals surface area contributed by atoms with Crippen LogP contribution in [0.2, 0.25) is 5.02 Å². The molecule has 21 heavy (non-hydrogen) atoms. The molecule has 0 N–H and O–H groups in total. The molecule has 2 heteroatoms. The number of carbonyl (C=O) groups excluding carboxylic acids is 1. The van der Waals surface area contributed by atoms with Crippen molar-refractivity contribution < 1.29 is 4.79 Å². The molecule has 0 aliphatic rings. The van der Waals surface area contributed by atoms with Crippen LogP contribution in [0.15, 0.2) is 54.6 Å². The van der Waals surface area contributed by atoms with Crippen molar-refractivity contribution in [1.29, 1.82) is 0 Å². The third-order valence-corrected chi connectivity index (χ3v) is 4.22. The second kappa shape index (κ2) is 7.42. The Morgan fingerprint density at radius 1 is 1.10 bits per heavy atom. The summed E-state index contributed by atoms with van der Waals surface area (Å²) in [6.45, 7) is 4.28. The van der Waals surface area contributed by atoms with Gasteiger partial charge in [0.2, 0.25) is 0 Å². The maximum atomic E-state index is 12.8. The second-order valence-electron chi connectivity index (χ2n) is 5.55. The van der Waals surface area contributed by atoms with Crippen LogP contribution in [0.4, 0.5) is 0 Å². The Morgan fingerprint density at radius 2 is 1.81 bits per heavy atom. The predicted octanol–water partition coefficient (Wildman–Crippen LogP) is 5.28. The van der Waals surface area contributed by atoms with Crippen LogP contribution in [0.5, 0.6) is 0 Å². The number of Topliss-reactive ketones (excluding diaryl/α,β-unsaturated/α-hetero) is 1. The van der Waals surface area contributed by atoms with E-state index in [1.54, 1.807) is 0 Å². The van der Waals surface area contributed by atoms with Gasteiger partial charge in [-0.1, -0.05) is 74.3 Å². The summed E-state index contributed by atoms with van der Waals surface area (Å²) in [6.07, 6.45) is 1.42. The average Bonchev–Trinajstić information content (AvgIpc) is 2.48. The Kier molecular flexibility index (Phi) is 5.58. The van der Waals surface area contributed by atoms with Crippen molar-refractivity contribution in [1.82, 2.24) is 0 Å². The highest BCUT2D eigenvalue weighted by Crippen LogP contribution is 2.29. The third-order valence-electron chi connectivity index (χ3n) is 3.99. The largest absolute Gasteiger partial charge is 0.299 e. The van der Waals surface area contributed by atoms with E-state index in [1.807, 2.05) is 54.6 Å². The molecule has 0 amide bonds. The number of halogens is 1. The van der Waals surface area contributed by atoms with Crippen molar-refractivity contribution >= 4 is 17.4 Å². The highest BCUT2D eigenvalue weighted by atomic mass is 35.5. The Labute approximate surface area is 132 Å². The van der Waals surface area contributed by atoms with Crippen molar-refractivity contribution in [2.75, 3.05) is 0 Å². The molecule has 0 aliphatic heterocycles. The van der Waals surface area contributed by atoms with Gasteiger partial charge in [-0.15, -0.1) is 0 Å². The summed E-state index contributed by atoms with van der Waals surface area (Å²) in [5, 5.41) is 0.681. The molecule has 0 radical (unpaired) electrons. The molecule has 0 bridgehead atoms. The molecule has 0 heterocycles. The van der Waals surface area contributed by atoms with E-state index in [0.29, 0.717) is 17.4 Å². The quantitative estimate of drug-likeness (QED) is 0.709. The minimum absolute atomic E-state index is 0.0461. The van der Waals surface area contributed by atoms with Gasteiger partial charge in [0.1, 0.15) is 5.78 Å². The van der Waals surface area contributed by atoms with Crippen molar-refractivity contribution in [3.8, 4) is 0 Å². The maximum Gasteiger partial charge on any atom is 0.144 e. The van der Waals surface area contributed by atoms with Crippen molar-refractivity contribution in [2.24, 2.45) is 5.92 Å². The summed E-state index contributed by atoms with van der Waals surface area (Å²) in [4.78, 5) is 12.8. The monoisotopic (exact) mass is 300 g/mol. The minimum atomic E-state index is -0.0461. The van der Waals surface area contributed by atoms with Gasteiger partial charge >= 0.3 is 0 Å². The van der Waals surface area contributed by atoms with E-state index < -0.39 is 0 Å². The predicted molar refractivity (Wildman–Crippen MR) is 88.8 cm³/mol. The van der Waals surface area contributed by atoms with Crippen LogP contribution in [-0.2, 0) is 11.2 Å². The smallest absolute Gasteiger partial charge is 0.144 e. The molecule has 0 spiro atoms.